The molecule has 2 aliphatic rings. The third-order valence-electron chi connectivity index (χ3n) is 6.79. The van der Waals surface area contributed by atoms with Crippen LogP contribution in [-0.2, 0) is 21.0 Å². The van der Waals surface area contributed by atoms with Gasteiger partial charge in [-0.15, -0.1) is 0 Å². The summed E-state index contributed by atoms with van der Waals surface area (Å²) in [6.45, 7) is 0.896. The van der Waals surface area contributed by atoms with Crippen LogP contribution in [0.2, 0.25) is 0 Å². The minimum atomic E-state index is -7.43. The molecule has 0 N–H and O–H groups in total. The third kappa shape index (κ3) is 6.94. The van der Waals surface area contributed by atoms with E-state index in [4.69, 9.17) is 4.74 Å². The maximum absolute atomic E-state index is 12.2. The second-order valence-corrected chi connectivity index (χ2v) is 13.4. The lowest BCUT2D eigenvalue weighted by Gasteiger charge is -2.34. The summed E-state index contributed by atoms with van der Waals surface area (Å²) in [7, 11) is -6.91. The van der Waals surface area contributed by atoms with Crippen LogP contribution in [0.25, 0.3) is 10.8 Å². The van der Waals surface area contributed by atoms with Crippen LogP contribution in [0, 0.1) is 5.92 Å². The Morgan fingerprint density at radius 1 is 0.775 bits per heavy atom. The van der Waals surface area contributed by atoms with Crippen molar-refractivity contribution in [3.63, 3.8) is 0 Å². The van der Waals surface area contributed by atoms with E-state index in [1.807, 2.05) is 0 Å². The fraction of sp³-hybridized carbons (Fsp3) is 0.600. The molecule has 4 rings (SSSR count). The summed E-state index contributed by atoms with van der Waals surface area (Å²) in [6, 6.07) is 13.7. The van der Waals surface area contributed by atoms with Crippen molar-refractivity contribution in [1.82, 2.24) is 0 Å². The van der Waals surface area contributed by atoms with E-state index in [-0.39, 0.29) is 0 Å². The van der Waals surface area contributed by atoms with Crippen LogP contribution >= 0.6 is 0 Å². The van der Waals surface area contributed by atoms with Crippen LogP contribution in [0.15, 0.2) is 41.3 Å². The smallest absolute Gasteiger partial charge is 0.460 e. The van der Waals surface area contributed by atoms with E-state index in [2.05, 4.69) is 36.4 Å². The molecule has 0 spiro atoms. The van der Waals surface area contributed by atoms with Crippen molar-refractivity contribution in [2.45, 2.75) is 73.1 Å². The second kappa shape index (κ2) is 12.2. The minimum absolute atomic E-state index is 0.510. The first-order chi connectivity index (χ1) is 18.4. The minimum Gasteiger partial charge on any atom is -0.743 e. The normalized spacial score (nSPS) is 18.4. The van der Waals surface area contributed by atoms with Gasteiger partial charge in [0.15, 0.2) is 15.0 Å². The van der Waals surface area contributed by atoms with E-state index < -0.39 is 33.4 Å². The molecule has 1 aliphatic carbocycles. The summed E-state index contributed by atoms with van der Waals surface area (Å²) in [5.41, 5.74) is 0. The predicted molar refractivity (Wildman–Crippen MR) is 131 cm³/mol. The number of halogens is 9. The quantitative estimate of drug-likeness (QED) is 0.181. The molecule has 0 amide bonds. The average molecular weight is 627 g/mol. The molecular formula is C25H27F9O4S2. The fourth-order valence-electron chi connectivity index (χ4n) is 4.45. The predicted octanol–water partition coefficient (Wildman–Crippen LogP) is 7.53. The van der Waals surface area contributed by atoms with Gasteiger partial charge in [-0.25, -0.2) is 8.42 Å². The molecule has 2 aromatic rings. The van der Waals surface area contributed by atoms with Gasteiger partial charge in [0.05, 0.1) is 6.61 Å². The monoisotopic (exact) mass is 626 g/mol. The first-order valence-corrected chi connectivity index (χ1v) is 15.4. The second-order valence-electron chi connectivity index (χ2n) is 9.71. The van der Waals surface area contributed by atoms with Gasteiger partial charge in [0, 0.05) is 17.0 Å². The Bertz CT molecular complexity index is 1250. The molecule has 4 nitrogen and oxygen atoms in total. The van der Waals surface area contributed by atoms with Gasteiger partial charge in [-0.1, -0.05) is 25.3 Å². The molecule has 1 saturated carbocycles. The van der Waals surface area contributed by atoms with Crippen molar-refractivity contribution in [1.29, 1.82) is 0 Å². The molecule has 15 heteroatoms. The largest absolute Gasteiger partial charge is 0.743 e. The van der Waals surface area contributed by atoms with Gasteiger partial charge in [-0.05, 0) is 66.6 Å². The molecule has 2 aromatic carbocycles. The van der Waals surface area contributed by atoms with Crippen LogP contribution in [-0.4, -0.2) is 54.4 Å². The maximum Gasteiger partial charge on any atom is 0.460 e. The lowest BCUT2D eigenvalue weighted by Crippen LogP contribution is -2.63. The third-order valence-corrected chi connectivity index (χ3v) is 10.2. The Kier molecular flexibility index (Phi) is 9.92. The molecule has 226 valence electrons. The van der Waals surface area contributed by atoms with Gasteiger partial charge in [-0.2, -0.15) is 39.5 Å². The first-order valence-electron chi connectivity index (χ1n) is 12.4. The van der Waals surface area contributed by atoms with Gasteiger partial charge in [0.25, 0.3) is 0 Å². The van der Waals surface area contributed by atoms with Gasteiger partial charge in [-0.3, -0.25) is 0 Å². The highest BCUT2D eigenvalue weighted by Crippen LogP contribution is 2.54. The lowest BCUT2D eigenvalue weighted by atomic mass is 9.90. The highest BCUT2D eigenvalue weighted by molar-refractivity contribution is 7.97. The van der Waals surface area contributed by atoms with Crippen molar-refractivity contribution in [3.8, 4) is 5.75 Å². The van der Waals surface area contributed by atoms with Crippen LogP contribution in [0.3, 0.4) is 0 Å². The molecule has 40 heavy (non-hydrogen) atoms. The van der Waals surface area contributed by atoms with E-state index in [1.54, 1.807) is 4.90 Å². The standard InChI is InChI=1S/C21H27OS.C4HF9O3S/c1-2-6-17(7-3-1)16-22-20-10-8-19-15-21(11-9-18(19)14-20)23-12-4-5-13-23;5-1(6,3(9,10)11)2(7,8)4(12,13)17(14,15)16/h8-11,14-15,17H,1-7,12-13,16H2;(H,14,15,16)/q+1;/p-1. The first kappa shape index (κ1) is 32.6. The molecule has 0 unspecified atom stereocenters. The topological polar surface area (TPSA) is 66.4 Å². The summed E-state index contributed by atoms with van der Waals surface area (Å²) in [4.78, 5) is 1.56. The van der Waals surface area contributed by atoms with E-state index >= 15 is 0 Å². The molecule has 1 heterocycles. The van der Waals surface area contributed by atoms with Gasteiger partial charge in [0.2, 0.25) is 0 Å². The van der Waals surface area contributed by atoms with E-state index in [9.17, 15) is 52.5 Å². The summed E-state index contributed by atoms with van der Waals surface area (Å²) in [5, 5.41) is -4.43. The summed E-state index contributed by atoms with van der Waals surface area (Å²) in [5.74, 6) is -10.2. The van der Waals surface area contributed by atoms with Crippen molar-refractivity contribution in [2.24, 2.45) is 5.92 Å². The number of hydrogen-bond donors (Lipinski definition) is 0. The lowest BCUT2D eigenvalue weighted by molar-refractivity contribution is -0.382. The van der Waals surface area contributed by atoms with E-state index in [0.717, 1.165) is 18.3 Å². The van der Waals surface area contributed by atoms with Crippen LogP contribution in [0.5, 0.6) is 5.75 Å². The number of hydrogen-bond acceptors (Lipinski definition) is 4. The van der Waals surface area contributed by atoms with Gasteiger partial charge < -0.3 is 9.29 Å². The molecule has 1 aliphatic heterocycles. The van der Waals surface area contributed by atoms with Crippen LogP contribution in [0.4, 0.5) is 39.5 Å². The molecule has 1 saturated heterocycles. The zero-order valence-corrected chi connectivity index (χ0v) is 22.6. The Morgan fingerprint density at radius 3 is 1.88 bits per heavy atom. The molecule has 0 radical (unpaired) electrons. The Hall–Kier alpha value is -1.87. The Balaban J connectivity index is 0.000000234. The molecule has 0 atom stereocenters. The number of ether oxygens (including phenoxy) is 1. The highest BCUT2D eigenvalue weighted by atomic mass is 32.2. The van der Waals surface area contributed by atoms with Crippen LogP contribution in [0.1, 0.15) is 44.9 Å². The van der Waals surface area contributed by atoms with E-state index in [1.165, 1.54) is 67.2 Å². The summed E-state index contributed by atoms with van der Waals surface area (Å²) < 4.78 is 142. The summed E-state index contributed by atoms with van der Waals surface area (Å²) in [6.07, 6.45) is 2.54. The SMILES string of the molecule is O=S(=O)([O-])C(F)(F)C(F)(F)C(F)(F)C(F)(F)F.c1cc2cc([S+]3CCCC3)ccc2cc1OCC1CCCCC1. The van der Waals surface area contributed by atoms with E-state index in [0.29, 0.717) is 10.9 Å². The average Bonchev–Trinajstić information content (AvgIpc) is 3.42. The van der Waals surface area contributed by atoms with Crippen molar-refractivity contribution in [3.05, 3.63) is 36.4 Å². The summed E-state index contributed by atoms with van der Waals surface area (Å²) >= 11 is 0. The zero-order chi connectivity index (χ0) is 30.0. The molecule has 2 fully saturated rings. The van der Waals surface area contributed by atoms with Crippen LogP contribution < -0.4 is 4.74 Å². The Morgan fingerprint density at radius 2 is 1.32 bits per heavy atom. The molecule has 0 bridgehead atoms. The van der Waals surface area contributed by atoms with Gasteiger partial charge >= 0.3 is 23.3 Å². The van der Waals surface area contributed by atoms with Crippen molar-refractivity contribution < 1.29 is 57.2 Å². The molecular weight excluding hydrogens is 599 g/mol. The fourth-order valence-corrected chi connectivity index (χ4v) is 7.22. The van der Waals surface area contributed by atoms with Crippen molar-refractivity contribution in [2.75, 3.05) is 18.1 Å². The highest BCUT2D eigenvalue weighted by Gasteiger charge is 2.83. The van der Waals surface area contributed by atoms with Crippen molar-refractivity contribution >= 4 is 31.8 Å². The Labute approximate surface area is 228 Å². The number of rotatable bonds is 7. The number of alkyl halides is 9. The van der Waals surface area contributed by atoms with Gasteiger partial charge in [0.1, 0.15) is 17.3 Å². The number of fused-ring (bicyclic) bond motifs is 1. The molecule has 0 aromatic heterocycles. The maximum atomic E-state index is 12.2. The number of benzene rings is 2. The zero-order valence-electron chi connectivity index (χ0n) is 21.0.